The lowest BCUT2D eigenvalue weighted by Gasteiger charge is -2.03. The lowest BCUT2D eigenvalue weighted by atomic mass is 10.3. The molecule has 0 aliphatic heterocycles. The second kappa shape index (κ2) is 4.54. The van der Waals surface area contributed by atoms with Crippen LogP contribution in [0.1, 0.15) is 5.69 Å². The number of halogens is 3. The Morgan fingerprint density at radius 1 is 1.18 bits per heavy atom. The minimum Gasteiger partial charge on any atom is -0.330 e. The molecule has 0 aliphatic carbocycles. The van der Waals surface area contributed by atoms with Gasteiger partial charge >= 0.3 is 0 Å². The summed E-state index contributed by atoms with van der Waals surface area (Å²) in [4.78, 5) is 0. The molecule has 1 heterocycles. The first kappa shape index (κ1) is 11.6. The average molecular weight is 242 g/mol. The second-order valence-corrected chi connectivity index (χ2v) is 3.39. The number of aromatic nitrogens is 3. The van der Waals surface area contributed by atoms with Crippen LogP contribution in [0, 0.1) is 17.5 Å². The molecule has 0 unspecified atom stereocenters. The van der Waals surface area contributed by atoms with E-state index in [0.29, 0.717) is 18.7 Å². The molecule has 2 aromatic rings. The maximum absolute atomic E-state index is 13.4. The maximum atomic E-state index is 13.4. The van der Waals surface area contributed by atoms with Crippen molar-refractivity contribution < 1.29 is 13.2 Å². The third-order valence-corrected chi connectivity index (χ3v) is 2.20. The first-order chi connectivity index (χ1) is 8.13. The van der Waals surface area contributed by atoms with Crippen LogP contribution in [0.25, 0.3) is 5.69 Å². The van der Waals surface area contributed by atoms with Gasteiger partial charge in [0.25, 0.3) is 0 Å². The zero-order valence-electron chi connectivity index (χ0n) is 8.70. The minimum atomic E-state index is -1.53. The van der Waals surface area contributed by atoms with Crippen molar-refractivity contribution >= 4 is 0 Å². The van der Waals surface area contributed by atoms with Gasteiger partial charge in [-0.2, -0.15) is 0 Å². The molecule has 7 heteroatoms. The third kappa shape index (κ3) is 2.14. The molecule has 1 aromatic carbocycles. The van der Waals surface area contributed by atoms with Crippen LogP contribution in [0.15, 0.2) is 18.3 Å². The predicted molar refractivity (Wildman–Crippen MR) is 54.0 cm³/mol. The summed E-state index contributed by atoms with van der Waals surface area (Å²) in [6, 6.07) is 1.92. The molecule has 1 aromatic heterocycles. The molecule has 0 atom stereocenters. The molecule has 17 heavy (non-hydrogen) atoms. The first-order valence-electron chi connectivity index (χ1n) is 4.88. The fraction of sp³-hybridized carbons (Fsp3) is 0.200. The average Bonchev–Trinajstić information content (AvgIpc) is 2.75. The third-order valence-electron chi connectivity index (χ3n) is 2.20. The van der Waals surface area contributed by atoms with Gasteiger partial charge in [-0.1, -0.05) is 5.21 Å². The van der Waals surface area contributed by atoms with Crippen molar-refractivity contribution in [3.05, 3.63) is 41.5 Å². The number of nitrogens with zero attached hydrogens (tertiary/aromatic N) is 3. The molecule has 0 bridgehead atoms. The van der Waals surface area contributed by atoms with E-state index in [0.717, 1.165) is 16.8 Å². The highest BCUT2D eigenvalue weighted by Crippen LogP contribution is 2.18. The zero-order valence-corrected chi connectivity index (χ0v) is 8.70. The molecule has 0 radical (unpaired) electrons. The van der Waals surface area contributed by atoms with Crippen molar-refractivity contribution in [3.63, 3.8) is 0 Å². The Bertz CT molecular complexity index is 538. The van der Waals surface area contributed by atoms with Crippen molar-refractivity contribution in [1.82, 2.24) is 15.0 Å². The summed E-state index contributed by atoms with van der Waals surface area (Å²) in [6.07, 6.45) is 1.90. The van der Waals surface area contributed by atoms with Crippen molar-refractivity contribution in [2.24, 2.45) is 5.73 Å². The normalized spacial score (nSPS) is 10.8. The van der Waals surface area contributed by atoms with E-state index in [9.17, 15) is 13.2 Å². The number of hydrogen-bond donors (Lipinski definition) is 1. The summed E-state index contributed by atoms with van der Waals surface area (Å²) in [5, 5.41) is 7.34. The summed E-state index contributed by atoms with van der Waals surface area (Å²) >= 11 is 0. The van der Waals surface area contributed by atoms with Crippen molar-refractivity contribution in [2.75, 3.05) is 6.54 Å². The highest BCUT2D eigenvalue weighted by atomic mass is 19.2. The lowest BCUT2D eigenvalue weighted by molar-refractivity contribution is 0.442. The molecule has 0 amide bonds. The second-order valence-electron chi connectivity index (χ2n) is 3.39. The van der Waals surface area contributed by atoms with Gasteiger partial charge < -0.3 is 5.73 Å². The van der Waals surface area contributed by atoms with Crippen LogP contribution in [0.3, 0.4) is 0 Å². The van der Waals surface area contributed by atoms with E-state index in [1.54, 1.807) is 0 Å². The standard InChI is InChI=1S/C10H9F3N4/c11-7-1-2-8(10(13)9(7)12)17-5-6(3-4-14)15-16-17/h1-2,5H,3-4,14H2. The highest BCUT2D eigenvalue weighted by Gasteiger charge is 2.15. The summed E-state index contributed by atoms with van der Waals surface area (Å²) in [7, 11) is 0. The SMILES string of the molecule is NCCc1cn(-c2ccc(F)c(F)c2F)nn1. The van der Waals surface area contributed by atoms with E-state index in [2.05, 4.69) is 10.3 Å². The molecular weight excluding hydrogens is 233 g/mol. The van der Waals surface area contributed by atoms with E-state index in [1.807, 2.05) is 0 Å². The van der Waals surface area contributed by atoms with Gasteiger partial charge in [-0.15, -0.1) is 5.10 Å². The highest BCUT2D eigenvalue weighted by molar-refractivity contribution is 5.33. The molecule has 4 nitrogen and oxygen atoms in total. The zero-order chi connectivity index (χ0) is 12.4. The minimum absolute atomic E-state index is 0.195. The van der Waals surface area contributed by atoms with Gasteiger partial charge in [-0.3, -0.25) is 0 Å². The molecular formula is C10H9F3N4. The first-order valence-corrected chi connectivity index (χ1v) is 4.88. The van der Waals surface area contributed by atoms with Crippen LogP contribution >= 0.6 is 0 Å². The van der Waals surface area contributed by atoms with E-state index in [1.165, 1.54) is 6.20 Å². The van der Waals surface area contributed by atoms with Gasteiger partial charge in [0.05, 0.1) is 11.9 Å². The van der Waals surface area contributed by atoms with Crippen LogP contribution in [0.2, 0.25) is 0 Å². The van der Waals surface area contributed by atoms with E-state index in [4.69, 9.17) is 5.73 Å². The topological polar surface area (TPSA) is 56.7 Å². The number of rotatable bonds is 3. The Hall–Kier alpha value is -1.89. The molecule has 0 saturated carbocycles. The predicted octanol–water partition coefficient (Wildman–Crippen LogP) is 1.19. The maximum Gasteiger partial charge on any atom is 0.196 e. The van der Waals surface area contributed by atoms with Crippen LogP contribution in [0.4, 0.5) is 13.2 Å². The van der Waals surface area contributed by atoms with Gasteiger partial charge in [0.2, 0.25) is 0 Å². The Balaban J connectivity index is 2.42. The van der Waals surface area contributed by atoms with Crippen molar-refractivity contribution in [1.29, 1.82) is 0 Å². The van der Waals surface area contributed by atoms with Crippen LogP contribution < -0.4 is 5.73 Å². The van der Waals surface area contributed by atoms with E-state index < -0.39 is 17.5 Å². The Kier molecular flexibility index (Phi) is 3.10. The smallest absolute Gasteiger partial charge is 0.196 e. The Morgan fingerprint density at radius 3 is 2.65 bits per heavy atom. The molecule has 2 N–H and O–H groups in total. The van der Waals surface area contributed by atoms with Gasteiger partial charge in [-0.25, -0.2) is 17.9 Å². The monoisotopic (exact) mass is 242 g/mol. The van der Waals surface area contributed by atoms with Crippen LogP contribution in [-0.4, -0.2) is 21.5 Å². The summed E-state index contributed by atoms with van der Waals surface area (Å²) in [6.45, 7) is 0.374. The van der Waals surface area contributed by atoms with Crippen molar-refractivity contribution in [3.8, 4) is 5.69 Å². The number of hydrogen-bond acceptors (Lipinski definition) is 3. The molecule has 2 rings (SSSR count). The van der Waals surface area contributed by atoms with Gasteiger partial charge in [0.15, 0.2) is 17.5 Å². The number of nitrogens with two attached hydrogens (primary N) is 1. The summed E-state index contributed by atoms with van der Waals surface area (Å²) in [5.74, 6) is -4.07. The van der Waals surface area contributed by atoms with Gasteiger partial charge in [0, 0.05) is 6.42 Å². The molecule has 0 aliphatic rings. The van der Waals surface area contributed by atoms with E-state index in [-0.39, 0.29) is 5.69 Å². The lowest BCUT2D eigenvalue weighted by Crippen LogP contribution is -2.03. The molecule has 0 saturated heterocycles. The molecule has 0 spiro atoms. The quantitative estimate of drug-likeness (QED) is 0.822. The van der Waals surface area contributed by atoms with E-state index >= 15 is 0 Å². The van der Waals surface area contributed by atoms with Gasteiger partial charge in [-0.05, 0) is 18.7 Å². The Morgan fingerprint density at radius 2 is 1.94 bits per heavy atom. The van der Waals surface area contributed by atoms with Crippen LogP contribution in [0.5, 0.6) is 0 Å². The van der Waals surface area contributed by atoms with Gasteiger partial charge in [0.1, 0.15) is 5.69 Å². The van der Waals surface area contributed by atoms with Crippen LogP contribution in [-0.2, 0) is 6.42 Å². The summed E-state index contributed by atoms with van der Waals surface area (Å²) < 4.78 is 40.2. The fourth-order valence-corrected chi connectivity index (χ4v) is 1.37. The Labute approximate surface area is 94.9 Å². The van der Waals surface area contributed by atoms with Crippen molar-refractivity contribution in [2.45, 2.75) is 6.42 Å². The fourth-order valence-electron chi connectivity index (χ4n) is 1.37. The molecule has 0 fully saturated rings. The number of benzene rings is 1. The molecule has 90 valence electrons. The largest absolute Gasteiger partial charge is 0.330 e. The summed E-state index contributed by atoms with van der Waals surface area (Å²) in [5.41, 5.74) is 5.68.